The van der Waals surface area contributed by atoms with E-state index >= 15 is 0 Å². The Balaban J connectivity index is 0.00000760. The smallest absolute Gasteiger partial charge is 0.122 e. The van der Waals surface area contributed by atoms with Gasteiger partial charge in [-0.1, -0.05) is 0 Å². The highest BCUT2D eigenvalue weighted by Crippen LogP contribution is 2.14. The second-order valence-corrected chi connectivity index (χ2v) is 4.78. The monoisotopic (exact) mass is 438 g/mol. The molecule has 0 unspecified atom stereocenters. The van der Waals surface area contributed by atoms with E-state index in [-0.39, 0.29) is 59.1 Å². The van der Waals surface area contributed by atoms with Gasteiger partial charge < -0.3 is 20.9 Å². The Bertz CT molecular complexity index is 1100. The van der Waals surface area contributed by atoms with E-state index in [4.69, 9.17) is 48.2 Å². The second kappa shape index (κ2) is 13.7. The number of nitrogens with one attached hydrogen (secondary N) is 2. The fraction of sp³-hybridized carbons (Fsp3) is 0.300. The molecule has 0 aliphatic rings. The molecule has 0 bridgehead atoms. The summed E-state index contributed by atoms with van der Waals surface area (Å²) in [6, 6.07) is 9.51. The van der Waals surface area contributed by atoms with Gasteiger partial charge in [-0.3, -0.25) is 10.8 Å². The van der Waals surface area contributed by atoms with E-state index in [0.717, 1.165) is 24.3 Å². The molecule has 0 fully saturated rings. The Morgan fingerprint density at radius 1 is 0.679 bits per heavy atom. The molecule has 0 aromatic heterocycles. The first-order chi connectivity index (χ1) is 17.0. The fourth-order valence-corrected chi connectivity index (χ4v) is 1.69. The van der Waals surface area contributed by atoms with Crippen LogP contribution in [-0.4, -0.2) is 24.8 Å². The minimum Gasteiger partial charge on any atom is -0.494 e. The highest BCUT2D eigenvalue weighted by molar-refractivity contribution is 5.95. The number of rotatable bonds is 11. The van der Waals surface area contributed by atoms with Gasteiger partial charge in [-0.05, 0) is 74.0 Å². The van der Waals surface area contributed by atoms with Crippen LogP contribution in [0.3, 0.4) is 0 Å². The van der Waals surface area contributed by atoms with Crippen molar-refractivity contribution in [3.63, 3.8) is 0 Å². The summed E-state index contributed by atoms with van der Waals surface area (Å²) < 4.78 is 108. The first-order valence-electron chi connectivity index (χ1n) is 13.3. The van der Waals surface area contributed by atoms with Gasteiger partial charge in [0, 0.05) is 22.1 Å². The van der Waals surface area contributed by atoms with Crippen LogP contribution in [0.2, 0.25) is 0 Å². The number of amidine groups is 2. The first-order valence-corrected chi connectivity index (χ1v) is 7.29. The van der Waals surface area contributed by atoms with E-state index in [0.29, 0.717) is 0 Å². The molecule has 2 aromatic carbocycles. The summed E-state index contributed by atoms with van der Waals surface area (Å²) in [6.45, 7) is -7.21. The largest absolute Gasteiger partial charge is 0.494 e. The molecule has 0 aliphatic carbocycles. The summed E-state index contributed by atoms with van der Waals surface area (Å²) in [4.78, 5) is 0. The number of halogens is 2. The molecule has 0 aliphatic heterocycles. The lowest BCUT2D eigenvalue weighted by molar-refractivity contribution is 0.287. The zero-order valence-corrected chi connectivity index (χ0v) is 16.0. The molecule has 0 saturated heterocycles. The Hall–Kier alpha value is -2.44. The minimum atomic E-state index is -4.05. The van der Waals surface area contributed by atoms with Crippen molar-refractivity contribution in [2.75, 3.05) is 13.1 Å². The summed E-state index contributed by atoms with van der Waals surface area (Å²) in [5, 5.41) is 14.7. The molecule has 0 atom stereocenters. The van der Waals surface area contributed by atoms with E-state index in [9.17, 15) is 0 Å². The molecule has 28 heavy (non-hydrogen) atoms. The third-order valence-corrected chi connectivity index (χ3v) is 2.96. The number of hydrogen-bond acceptors (Lipinski definition) is 4. The maximum Gasteiger partial charge on any atom is 0.122 e. The van der Waals surface area contributed by atoms with Gasteiger partial charge in [-0.2, -0.15) is 0 Å². The SMILES string of the molecule is Cl.Cl.[2H]C([2H])(Oc1ccc(C(=N)N)cc1)C([2H])([2H])C([2H])([2H])C([2H])([2H])C([2H])([2H])C([2H])([2H])Oc1ccc(C(=N)N)cc1. The molecular weight excluding hydrogens is 399 g/mol. The van der Waals surface area contributed by atoms with Gasteiger partial charge in [0.25, 0.3) is 0 Å². The van der Waals surface area contributed by atoms with Gasteiger partial charge in [0.05, 0.1) is 18.6 Å². The van der Waals surface area contributed by atoms with Gasteiger partial charge in [0.15, 0.2) is 0 Å². The summed E-state index contributed by atoms with van der Waals surface area (Å²) >= 11 is 0. The van der Waals surface area contributed by atoms with Crippen LogP contribution < -0.4 is 20.9 Å². The highest BCUT2D eigenvalue weighted by Gasteiger charge is 1.99. The van der Waals surface area contributed by atoms with Crippen LogP contribution >= 0.6 is 24.8 Å². The van der Waals surface area contributed by atoms with Crippen LogP contribution in [0.4, 0.5) is 0 Å². The third kappa shape index (κ3) is 8.97. The van der Waals surface area contributed by atoms with E-state index in [2.05, 4.69) is 0 Å². The van der Waals surface area contributed by atoms with Crippen LogP contribution in [0.5, 0.6) is 11.5 Å². The Morgan fingerprint density at radius 2 is 1.00 bits per heavy atom. The quantitative estimate of drug-likeness (QED) is 0.311. The van der Waals surface area contributed by atoms with Gasteiger partial charge in [-0.25, -0.2) is 0 Å². The summed E-state index contributed by atoms with van der Waals surface area (Å²) in [5.74, 6) is -1.27. The topological polar surface area (TPSA) is 118 Å². The number of nitrogens with two attached hydrogens (primary N) is 2. The van der Waals surface area contributed by atoms with Gasteiger partial charge in [0.2, 0.25) is 0 Å². The molecular formula is C20H28Cl2N4O2. The van der Waals surface area contributed by atoms with Crippen LogP contribution in [0.15, 0.2) is 48.5 Å². The molecule has 0 spiro atoms. The first kappa shape index (κ1) is 11.5. The van der Waals surface area contributed by atoms with Crippen LogP contribution in [0.25, 0.3) is 0 Å². The van der Waals surface area contributed by atoms with Crippen molar-refractivity contribution in [2.45, 2.75) is 25.5 Å². The van der Waals surface area contributed by atoms with Crippen molar-refractivity contribution in [3.05, 3.63) is 59.7 Å². The van der Waals surface area contributed by atoms with Crippen molar-refractivity contribution in [1.82, 2.24) is 0 Å². The normalized spacial score (nSPS) is 19.0. The van der Waals surface area contributed by atoms with Crippen molar-refractivity contribution >= 4 is 36.5 Å². The molecule has 0 heterocycles. The lowest BCUT2D eigenvalue weighted by Crippen LogP contribution is -2.10. The van der Waals surface area contributed by atoms with Crippen LogP contribution in [0.1, 0.15) is 53.1 Å². The molecule has 8 heteroatoms. The number of benzene rings is 2. The zero-order chi connectivity index (χ0) is 29.5. The number of hydrogen-bond donors (Lipinski definition) is 4. The predicted octanol–water partition coefficient (Wildman–Crippen LogP) is 4.12. The molecule has 6 nitrogen and oxygen atoms in total. The summed E-state index contributed by atoms with van der Waals surface area (Å²) in [5.41, 5.74) is 11.1. The average molecular weight is 439 g/mol. The molecule has 2 rings (SSSR count). The predicted molar refractivity (Wildman–Crippen MR) is 119 cm³/mol. The average Bonchev–Trinajstić information content (AvgIpc) is 2.78. The molecule has 0 radical (unpaired) electrons. The summed E-state index contributed by atoms with van der Waals surface area (Å²) in [6.07, 6.45) is -15.9. The third-order valence-electron chi connectivity index (χ3n) is 2.96. The highest BCUT2D eigenvalue weighted by atomic mass is 35.5. The second-order valence-electron chi connectivity index (χ2n) is 4.78. The molecule has 154 valence electrons. The van der Waals surface area contributed by atoms with Crippen molar-refractivity contribution in [3.8, 4) is 11.5 Å². The van der Waals surface area contributed by atoms with E-state index < -0.39 is 38.6 Å². The minimum absolute atomic E-state index is 0. The molecule has 0 amide bonds. The number of ether oxygens (including phenoxy) is 2. The van der Waals surface area contributed by atoms with Crippen molar-refractivity contribution in [1.29, 1.82) is 10.8 Å². The number of nitrogen functional groups attached to an aromatic ring is 2. The van der Waals surface area contributed by atoms with Gasteiger partial charge in [-0.15, -0.1) is 24.8 Å². The molecule has 0 saturated carbocycles. The Labute approximate surface area is 195 Å². The molecule has 6 N–H and O–H groups in total. The van der Waals surface area contributed by atoms with Gasteiger partial charge >= 0.3 is 0 Å². The summed E-state index contributed by atoms with van der Waals surface area (Å²) in [7, 11) is 0. The van der Waals surface area contributed by atoms with E-state index in [1.807, 2.05) is 0 Å². The lowest BCUT2D eigenvalue weighted by Gasteiger charge is -2.08. The maximum atomic E-state index is 8.19. The van der Waals surface area contributed by atoms with Crippen LogP contribution in [-0.2, 0) is 0 Å². The Morgan fingerprint density at radius 3 is 1.29 bits per heavy atom. The van der Waals surface area contributed by atoms with E-state index in [1.54, 1.807) is 0 Å². The van der Waals surface area contributed by atoms with E-state index in [1.165, 1.54) is 24.3 Å². The maximum absolute atomic E-state index is 8.19. The fourth-order valence-electron chi connectivity index (χ4n) is 1.69. The van der Waals surface area contributed by atoms with Crippen LogP contribution in [0, 0.1) is 10.8 Å². The molecule has 2 aromatic rings. The standard InChI is InChI=1S/C20H26N4O2.2ClH/c21-19(22)15-5-9-17(10-6-15)25-13-3-1-2-4-14-26-18-11-7-16(8-12-18)20(23)24;;/h5-12H,1-4,13-14H2,(H3,21,22)(H3,23,24);2*1H/i1D2,2D2,3D2,4D2,13D2,14D2;;. The zero-order valence-electron chi connectivity index (χ0n) is 26.4. The van der Waals surface area contributed by atoms with Crippen molar-refractivity contribution in [2.24, 2.45) is 11.5 Å². The lowest BCUT2D eigenvalue weighted by atomic mass is 10.2. The Kier molecular flexibility index (Phi) is 5.64. The van der Waals surface area contributed by atoms with Gasteiger partial charge in [0.1, 0.15) is 23.2 Å². The van der Waals surface area contributed by atoms with Crippen molar-refractivity contribution < 1.29 is 25.9 Å².